The van der Waals surface area contributed by atoms with E-state index >= 15 is 0 Å². The lowest BCUT2D eigenvalue weighted by atomic mass is 10.1. The van der Waals surface area contributed by atoms with Gasteiger partial charge in [-0.1, -0.05) is 13.3 Å². The van der Waals surface area contributed by atoms with Crippen LogP contribution in [0.25, 0.3) is 0 Å². The average molecular weight is 319 g/mol. The van der Waals surface area contributed by atoms with Gasteiger partial charge in [0.05, 0.1) is 26.7 Å². The van der Waals surface area contributed by atoms with Gasteiger partial charge in [-0.05, 0) is 32.1 Å². The predicted octanol–water partition coefficient (Wildman–Crippen LogP) is 2.86. The van der Waals surface area contributed by atoms with Crippen LogP contribution in [0.1, 0.15) is 45.4 Å². The van der Waals surface area contributed by atoms with Crippen LogP contribution in [-0.2, 0) is 10.1 Å². The molecule has 0 atom stereocenters. The monoisotopic (exact) mass is 319 g/mol. The van der Waals surface area contributed by atoms with E-state index in [0.29, 0.717) is 0 Å². The van der Waals surface area contributed by atoms with Crippen molar-refractivity contribution >= 4 is 10.1 Å². The molecule has 1 aliphatic rings. The van der Waals surface area contributed by atoms with Crippen molar-refractivity contribution in [1.82, 2.24) is 0 Å². The number of piperidine rings is 1. The van der Waals surface area contributed by atoms with Crippen LogP contribution < -0.4 is 0 Å². The van der Waals surface area contributed by atoms with Crippen molar-refractivity contribution in [2.75, 3.05) is 26.7 Å². The summed E-state index contributed by atoms with van der Waals surface area (Å²) < 4.78 is 60.3. The van der Waals surface area contributed by atoms with Crippen molar-refractivity contribution in [2.45, 2.75) is 51.0 Å². The number of quaternary nitrogens is 1. The molecule has 0 aromatic heterocycles. The highest BCUT2D eigenvalue weighted by Crippen LogP contribution is 2.20. The third-order valence-corrected chi connectivity index (χ3v) is 4.05. The van der Waals surface area contributed by atoms with E-state index in [0.717, 1.165) is 0 Å². The zero-order chi connectivity index (χ0) is 15.9. The van der Waals surface area contributed by atoms with Gasteiger partial charge in [-0.2, -0.15) is 13.2 Å². The highest BCUT2D eigenvalue weighted by Gasteiger charge is 2.36. The minimum atomic E-state index is -6.09. The van der Waals surface area contributed by atoms with E-state index < -0.39 is 15.6 Å². The molecule has 0 amide bonds. The Balaban J connectivity index is 0.000000396. The van der Waals surface area contributed by atoms with Gasteiger partial charge in [0, 0.05) is 0 Å². The first-order valence-corrected chi connectivity index (χ1v) is 8.28. The maximum atomic E-state index is 10.7. The molecule has 1 saturated heterocycles. The molecule has 0 N–H and O–H groups in total. The topological polar surface area (TPSA) is 57.2 Å². The van der Waals surface area contributed by atoms with E-state index in [-0.39, 0.29) is 0 Å². The number of likely N-dealkylation sites (tertiary alicyclic amines) is 1. The average Bonchev–Trinajstić information content (AvgIpc) is 2.28. The van der Waals surface area contributed by atoms with Crippen molar-refractivity contribution in [2.24, 2.45) is 0 Å². The molecule has 1 heterocycles. The first kappa shape index (κ1) is 19.7. The Labute approximate surface area is 119 Å². The number of unbranched alkanes of at least 4 members (excludes halogenated alkanes) is 2. The van der Waals surface area contributed by atoms with Gasteiger partial charge in [-0.25, -0.2) is 8.42 Å². The normalized spacial score (nSPS) is 19.1. The van der Waals surface area contributed by atoms with E-state index in [2.05, 4.69) is 14.0 Å². The fraction of sp³-hybridized carbons (Fsp3) is 1.00. The van der Waals surface area contributed by atoms with Crippen LogP contribution in [0.5, 0.6) is 0 Å². The maximum absolute atomic E-state index is 10.7. The Morgan fingerprint density at radius 3 is 1.90 bits per heavy atom. The van der Waals surface area contributed by atoms with E-state index in [9.17, 15) is 13.2 Å². The second-order valence-electron chi connectivity index (χ2n) is 5.46. The van der Waals surface area contributed by atoms with Crippen LogP contribution >= 0.6 is 0 Å². The van der Waals surface area contributed by atoms with Crippen LogP contribution in [0, 0.1) is 0 Å². The van der Waals surface area contributed by atoms with Gasteiger partial charge in [0.15, 0.2) is 10.1 Å². The van der Waals surface area contributed by atoms with Crippen LogP contribution in [0.2, 0.25) is 0 Å². The summed E-state index contributed by atoms with van der Waals surface area (Å²) in [5.41, 5.74) is -5.65. The predicted molar refractivity (Wildman–Crippen MR) is 69.9 cm³/mol. The minimum absolute atomic E-state index is 1.36. The molecular weight excluding hydrogens is 295 g/mol. The molecule has 20 heavy (non-hydrogen) atoms. The maximum Gasteiger partial charge on any atom is 0.485 e. The Kier molecular flexibility index (Phi) is 8.05. The molecule has 0 radical (unpaired) electrons. The molecule has 8 heteroatoms. The number of hydrogen-bond acceptors (Lipinski definition) is 3. The molecule has 0 aromatic rings. The number of halogens is 3. The van der Waals surface area contributed by atoms with Crippen LogP contribution in [0.3, 0.4) is 0 Å². The summed E-state index contributed by atoms with van der Waals surface area (Å²) in [4.78, 5) is 0. The lowest BCUT2D eigenvalue weighted by Gasteiger charge is -2.37. The van der Waals surface area contributed by atoms with E-state index in [1.807, 2.05) is 0 Å². The fourth-order valence-corrected chi connectivity index (χ4v) is 2.24. The molecule has 0 spiro atoms. The Bertz CT molecular complexity index is 363. The molecule has 4 nitrogen and oxygen atoms in total. The van der Waals surface area contributed by atoms with E-state index in [1.54, 1.807) is 0 Å². The SMILES string of the molecule is CCCCC[N+]1(C)CCCCC1.O=S(=O)([O-])C(F)(F)F. The summed E-state index contributed by atoms with van der Waals surface area (Å²) in [6.45, 7) is 6.58. The van der Waals surface area contributed by atoms with Crippen molar-refractivity contribution in [3.63, 3.8) is 0 Å². The summed E-state index contributed by atoms with van der Waals surface area (Å²) in [6.07, 6.45) is 8.62. The molecule has 0 aromatic carbocycles. The molecule has 0 bridgehead atoms. The van der Waals surface area contributed by atoms with E-state index in [4.69, 9.17) is 13.0 Å². The molecule has 0 unspecified atom stereocenters. The molecule has 0 aliphatic carbocycles. The number of hydrogen-bond donors (Lipinski definition) is 0. The molecule has 122 valence electrons. The molecule has 1 rings (SSSR count). The summed E-state index contributed by atoms with van der Waals surface area (Å²) in [7, 11) is -3.65. The van der Waals surface area contributed by atoms with Crippen LogP contribution in [0.4, 0.5) is 13.2 Å². The van der Waals surface area contributed by atoms with Crippen molar-refractivity contribution in [3.05, 3.63) is 0 Å². The molecule has 1 fully saturated rings. The lowest BCUT2D eigenvalue weighted by molar-refractivity contribution is -0.914. The quantitative estimate of drug-likeness (QED) is 0.346. The van der Waals surface area contributed by atoms with Gasteiger partial charge in [-0.3, -0.25) is 0 Å². The zero-order valence-corrected chi connectivity index (χ0v) is 12.9. The highest BCUT2D eigenvalue weighted by atomic mass is 32.2. The van der Waals surface area contributed by atoms with Gasteiger partial charge in [-0.15, -0.1) is 0 Å². The van der Waals surface area contributed by atoms with Gasteiger partial charge < -0.3 is 9.04 Å². The summed E-state index contributed by atoms with van der Waals surface area (Å²) in [5.74, 6) is 0. The second kappa shape index (κ2) is 8.19. The third-order valence-electron chi connectivity index (χ3n) is 3.48. The Morgan fingerprint density at radius 2 is 1.55 bits per heavy atom. The molecular formula is C12H24F3NO3S. The van der Waals surface area contributed by atoms with Gasteiger partial charge >= 0.3 is 5.51 Å². The standard InChI is InChI=1S/C11H24N.CHF3O3S/c1-3-4-6-9-12(2)10-7-5-8-11-12;2-1(3,4)8(5,6)7/h3-11H2,1-2H3;(H,5,6,7)/q+1;/p-1. The largest absolute Gasteiger partial charge is 0.741 e. The van der Waals surface area contributed by atoms with Crippen LogP contribution in [0.15, 0.2) is 0 Å². The third kappa shape index (κ3) is 8.06. The minimum Gasteiger partial charge on any atom is -0.741 e. The second-order valence-corrected chi connectivity index (χ2v) is 6.83. The molecule has 0 saturated carbocycles. The first-order valence-electron chi connectivity index (χ1n) is 6.87. The van der Waals surface area contributed by atoms with Crippen molar-refractivity contribution in [1.29, 1.82) is 0 Å². The van der Waals surface area contributed by atoms with Gasteiger partial charge in [0.1, 0.15) is 0 Å². The van der Waals surface area contributed by atoms with Gasteiger partial charge in [0.25, 0.3) is 0 Å². The van der Waals surface area contributed by atoms with Crippen molar-refractivity contribution in [3.8, 4) is 0 Å². The number of nitrogens with zero attached hydrogens (tertiary/aromatic N) is 1. The van der Waals surface area contributed by atoms with Gasteiger partial charge in [0.2, 0.25) is 0 Å². The summed E-state index contributed by atoms with van der Waals surface area (Å²) in [6, 6.07) is 0. The van der Waals surface area contributed by atoms with Crippen LogP contribution in [-0.4, -0.2) is 49.6 Å². The summed E-state index contributed by atoms with van der Waals surface area (Å²) >= 11 is 0. The Morgan fingerprint density at radius 1 is 1.10 bits per heavy atom. The number of rotatable bonds is 4. The van der Waals surface area contributed by atoms with E-state index in [1.165, 1.54) is 62.6 Å². The summed E-state index contributed by atoms with van der Waals surface area (Å²) in [5, 5.41) is 0. The first-order chi connectivity index (χ1) is 9.02. The zero-order valence-electron chi connectivity index (χ0n) is 12.1. The molecule has 1 aliphatic heterocycles. The lowest BCUT2D eigenvalue weighted by Crippen LogP contribution is -2.48. The smallest absolute Gasteiger partial charge is 0.485 e. The fourth-order valence-electron chi connectivity index (χ4n) is 2.24. The Hall–Kier alpha value is -0.340. The number of alkyl halides is 3. The highest BCUT2D eigenvalue weighted by molar-refractivity contribution is 7.86. The van der Waals surface area contributed by atoms with Crippen molar-refractivity contribution < 1.29 is 30.6 Å².